The Bertz CT molecular complexity index is 1630. The highest BCUT2D eigenvalue weighted by atomic mass is 35.5. The molecule has 0 aliphatic carbocycles. The molecule has 0 fully saturated rings. The van der Waals surface area contributed by atoms with Crippen LogP contribution in [-0.4, -0.2) is 45.5 Å². The third kappa shape index (κ3) is 6.25. The number of hydrogen-bond donors (Lipinski definition) is 1. The Balaban J connectivity index is 1.37. The van der Waals surface area contributed by atoms with Crippen molar-refractivity contribution in [2.45, 2.75) is 17.3 Å². The number of methoxy groups -OCH3 is 2. The van der Waals surface area contributed by atoms with Gasteiger partial charge in [0.05, 0.1) is 25.2 Å². The second-order valence-electron chi connectivity index (χ2n) is 8.52. The summed E-state index contributed by atoms with van der Waals surface area (Å²) < 4.78 is 10.6. The third-order valence-electron chi connectivity index (χ3n) is 5.93. The van der Waals surface area contributed by atoms with E-state index in [0.29, 0.717) is 32.4 Å². The van der Waals surface area contributed by atoms with E-state index in [1.54, 1.807) is 27.2 Å². The lowest BCUT2D eigenvalue weighted by Crippen LogP contribution is -2.22. The summed E-state index contributed by atoms with van der Waals surface area (Å²) in [6.07, 6.45) is 0. The number of carbonyl (C=O) groups is 1. The average Bonchev–Trinajstić information content (AvgIpc) is 3.45. The lowest BCUT2D eigenvalue weighted by Gasteiger charge is -2.13. The lowest BCUT2D eigenvalue weighted by molar-refractivity contribution is -0.115. The first kappa shape index (κ1) is 27.6. The van der Waals surface area contributed by atoms with Crippen LogP contribution in [0.25, 0.3) is 33.8 Å². The fraction of sp³-hybridized carbons (Fsp3) is 0.138. The molecule has 0 saturated carbocycles. The molecular formula is C29H24ClN5O3S2. The van der Waals surface area contributed by atoms with Gasteiger partial charge in [-0.1, -0.05) is 41.6 Å². The van der Waals surface area contributed by atoms with E-state index >= 15 is 0 Å². The molecule has 8 nitrogen and oxygen atoms in total. The Morgan fingerprint density at radius 2 is 1.50 bits per heavy atom. The van der Waals surface area contributed by atoms with E-state index < -0.39 is 5.25 Å². The second kappa shape index (κ2) is 12.5. The van der Waals surface area contributed by atoms with Crippen molar-refractivity contribution >= 4 is 45.7 Å². The van der Waals surface area contributed by atoms with Crippen LogP contribution < -0.4 is 14.8 Å². The number of hydrogen-bond acceptors (Lipinski definition) is 9. The Labute approximate surface area is 244 Å². The third-order valence-corrected chi connectivity index (χ3v) is 7.97. The van der Waals surface area contributed by atoms with Crippen LogP contribution in [0.15, 0.2) is 83.3 Å². The number of carbonyl (C=O) groups excluding carboxylic acids is 1. The van der Waals surface area contributed by atoms with Crippen molar-refractivity contribution in [2.75, 3.05) is 19.5 Å². The van der Waals surface area contributed by atoms with Crippen molar-refractivity contribution in [3.8, 4) is 45.3 Å². The molecule has 5 aromatic rings. The summed E-state index contributed by atoms with van der Waals surface area (Å²) in [5.74, 6) is 1.25. The number of halogens is 1. The first-order valence-electron chi connectivity index (χ1n) is 12.2. The average molecular weight is 590 g/mol. The minimum absolute atomic E-state index is 0.223. The number of anilines is 1. The number of thioether (sulfide) groups is 1. The van der Waals surface area contributed by atoms with Crippen LogP contribution in [0, 0.1) is 0 Å². The van der Waals surface area contributed by atoms with Crippen molar-refractivity contribution in [1.82, 2.24) is 20.2 Å². The highest BCUT2D eigenvalue weighted by molar-refractivity contribution is 8.00. The van der Waals surface area contributed by atoms with Crippen LogP contribution in [0.2, 0.25) is 5.02 Å². The molecule has 202 valence electrons. The smallest absolute Gasteiger partial charge is 0.239 e. The Morgan fingerprint density at radius 1 is 0.875 bits per heavy atom. The zero-order chi connectivity index (χ0) is 28.1. The monoisotopic (exact) mass is 589 g/mol. The molecule has 0 bridgehead atoms. The van der Waals surface area contributed by atoms with Crippen LogP contribution >= 0.6 is 34.7 Å². The summed E-state index contributed by atoms with van der Waals surface area (Å²) in [5.41, 5.74) is 4.46. The van der Waals surface area contributed by atoms with E-state index in [-0.39, 0.29) is 5.91 Å². The van der Waals surface area contributed by atoms with Gasteiger partial charge in [-0.05, 0) is 61.5 Å². The van der Waals surface area contributed by atoms with Crippen molar-refractivity contribution < 1.29 is 14.3 Å². The minimum atomic E-state index is -0.509. The highest BCUT2D eigenvalue weighted by Gasteiger charge is 2.21. The molecule has 1 atom stereocenters. The zero-order valence-electron chi connectivity index (χ0n) is 21.8. The fourth-order valence-electron chi connectivity index (χ4n) is 3.80. The molecule has 5 rings (SSSR count). The van der Waals surface area contributed by atoms with Crippen LogP contribution in [0.4, 0.5) is 5.13 Å². The molecule has 11 heteroatoms. The quantitative estimate of drug-likeness (QED) is 0.181. The van der Waals surface area contributed by atoms with E-state index in [4.69, 9.17) is 26.1 Å². The van der Waals surface area contributed by atoms with Gasteiger partial charge in [-0.3, -0.25) is 4.79 Å². The maximum atomic E-state index is 13.0. The maximum Gasteiger partial charge on any atom is 0.239 e. The Hall–Kier alpha value is -3.99. The molecule has 0 aliphatic rings. The predicted molar refractivity (Wildman–Crippen MR) is 160 cm³/mol. The maximum absolute atomic E-state index is 13.0. The molecule has 1 N–H and O–H groups in total. The van der Waals surface area contributed by atoms with Crippen molar-refractivity contribution in [2.24, 2.45) is 0 Å². The largest absolute Gasteiger partial charge is 0.497 e. The summed E-state index contributed by atoms with van der Waals surface area (Å²) in [7, 11) is 3.24. The molecule has 1 amide bonds. The van der Waals surface area contributed by atoms with Crippen LogP contribution in [0.1, 0.15) is 6.92 Å². The molecule has 0 aliphatic heterocycles. The fourth-order valence-corrected chi connectivity index (χ4v) is 5.46. The second-order valence-corrected chi connectivity index (χ2v) is 11.1. The van der Waals surface area contributed by atoms with Crippen LogP contribution in [0.5, 0.6) is 11.5 Å². The van der Waals surface area contributed by atoms with Gasteiger partial charge in [-0.25, -0.2) is 9.97 Å². The minimum Gasteiger partial charge on any atom is -0.497 e. The Morgan fingerprint density at radius 3 is 2.12 bits per heavy atom. The summed E-state index contributed by atoms with van der Waals surface area (Å²) in [4.78, 5) is 22.3. The predicted octanol–water partition coefficient (Wildman–Crippen LogP) is 7.12. The molecule has 2 heterocycles. The van der Waals surface area contributed by atoms with E-state index in [1.165, 1.54) is 23.1 Å². The standard InChI is InChI=1S/C29H24ClN5O3S2/c1-17(27(36)33-28-31-24(16-39-28)22-6-4-5-7-23(22)30)40-29-32-25(18-8-12-20(37-2)13-9-18)26(34-35-29)19-10-14-21(38-3)15-11-19/h4-17H,1-3H3,(H,31,33,36). The van der Waals surface area contributed by atoms with Gasteiger partial charge in [-0.2, -0.15) is 0 Å². The van der Waals surface area contributed by atoms with Gasteiger partial charge in [0.2, 0.25) is 11.1 Å². The lowest BCUT2D eigenvalue weighted by atomic mass is 10.0. The summed E-state index contributed by atoms with van der Waals surface area (Å²) in [6.45, 7) is 1.79. The Kier molecular flexibility index (Phi) is 8.59. The van der Waals surface area contributed by atoms with Crippen molar-refractivity contribution in [1.29, 1.82) is 0 Å². The van der Waals surface area contributed by atoms with Gasteiger partial charge in [0.15, 0.2) is 5.13 Å². The van der Waals surface area contributed by atoms with Crippen LogP contribution in [-0.2, 0) is 4.79 Å². The number of nitrogens with one attached hydrogen (secondary N) is 1. The summed E-state index contributed by atoms with van der Waals surface area (Å²) in [5, 5.41) is 14.5. The van der Waals surface area contributed by atoms with Gasteiger partial charge >= 0.3 is 0 Å². The molecular weight excluding hydrogens is 566 g/mol. The summed E-state index contributed by atoms with van der Waals surface area (Å²) in [6, 6.07) is 22.6. The van der Waals surface area contributed by atoms with Crippen molar-refractivity contribution in [3.63, 3.8) is 0 Å². The van der Waals surface area contributed by atoms with Gasteiger partial charge in [0, 0.05) is 27.1 Å². The highest BCUT2D eigenvalue weighted by Crippen LogP contribution is 2.33. The van der Waals surface area contributed by atoms with E-state index in [2.05, 4.69) is 20.5 Å². The van der Waals surface area contributed by atoms with E-state index in [9.17, 15) is 4.79 Å². The molecule has 0 radical (unpaired) electrons. The number of ether oxygens (including phenoxy) is 2. The molecule has 3 aromatic carbocycles. The molecule has 0 spiro atoms. The van der Waals surface area contributed by atoms with Crippen molar-refractivity contribution in [3.05, 3.63) is 83.2 Å². The number of thiazole rings is 1. The van der Waals surface area contributed by atoms with E-state index in [0.717, 1.165) is 28.2 Å². The number of benzene rings is 3. The topological polar surface area (TPSA) is 99.1 Å². The number of nitrogens with zero attached hydrogens (tertiary/aromatic N) is 4. The molecule has 2 aromatic heterocycles. The normalized spacial score (nSPS) is 11.6. The van der Waals surface area contributed by atoms with E-state index in [1.807, 2.05) is 72.1 Å². The molecule has 40 heavy (non-hydrogen) atoms. The summed E-state index contributed by atoms with van der Waals surface area (Å²) >= 11 is 8.85. The first-order chi connectivity index (χ1) is 19.4. The number of rotatable bonds is 9. The van der Waals surface area contributed by atoms with Gasteiger partial charge in [-0.15, -0.1) is 21.5 Å². The van der Waals surface area contributed by atoms with Crippen LogP contribution in [0.3, 0.4) is 0 Å². The SMILES string of the molecule is COc1ccc(-c2nnc(SC(C)C(=O)Nc3nc(-c4ccccc4Cl)cs3)nc2-c2ccc(OC)cc2)cc1. The molecule has 0 saturated heterocycles. The van der Waals surface area contributed by atoms with Gasteiger partial charge in [0.25, 0.3) is 0 Å². The van der Waals surface area contributed by atoms with Gasteiger partial charge < -0.3 is 14.8 Å². The van der Waals surface area contributed by atoms with Gasteiger partial charge in [0.1, 0.15) is 22.9 Å². The molecule has 1 unspecified atom stereocenters. The number of aromatic nitrogens is 4. The zero-order valence-corrected chi connectivity index (χ0v) is 24.2. The number of amides is 1. The first-order valence-corrected chi connectivity index (χ1v) is 14.3.